The Hall–Kier alpha value is -1.44. The molecule has 0 aromatic heterocycles. The molecule has 7 heteroatoms. The van der Waals surface area contributed by atoms with E-state index in [1.165, 1.54) is 12.8 Å². The number of carbonyl (C=O) groups excluding carboxylic acids is 1. The Bertz CT molecular complexity index is 828. The minimum Gasteiger partial charge on any atom is -0.348 e. The van der Waals surface area contributed by atoms with Gasteiger partial charge < -0.3 is 10.2 Å². The Morgan fingerprint density at radius 2 is 1.68 bits per heavy atom. The molecule has 1 aliphatic carbocycles. The summed E-state index contributed by atoms with van der Waals surface area (Å²) < 4.78 is 28.2. The maximum Gasteiger partial charge on any atom is 0.275 e. The van der Waals surface area contributed by atoms with E-state index in [1.54, 1.807) is 4.31 Å². The van der Waals surface area contributed by atoms with Crippen LogP contribution in [0, 0.1) is 33.6 Å². The van der Waals surface area contributed by atoms with Crippen molar-refractivity contribution in [3.05, 3.63) is 28.3 Å². The van der Waals surface area contributed by atoms with Crippen molar-refractivity contribution in [3.8, 4) is 0 Å². The third kappa shape index (κ3) is 4.42. The van der Waals surface area contributed by atoms with E-state index < -0.39 is 10.0 Å². The second-order valence-electron chi connectivity index (χ2n) is 8.61. The van der Waals surface area contributed by atoms with Gasteiger partial charge >= 0.3 is 0 Å². The molecule has 2 fully saturated rings. The molecule has 1 atom stereocenters. The lowest BCUT2D eigenvalue weighted by Gasteiger charge is -2.32. The molecular weight excluding hydrogens is 374 g/mol. The van der Waals surface area contributed by atoms with Gasteiger partial charge in [-0.05, 0) is 75.6 Å². The number of nitrogens with one attached hydrogen (secondary N) is 2. The van der Waals surface area contributed by atoms with Gasteiger partial charge in [0.05, 0.1) is 31.1 Å². The summed E-state index contributed by atoms with van der Waals surface area (Å²) in [4.78, 5) is 13.9. The average Bonchev–Trinajstić information content (AvgIpc) is 3.45. The predicted octanol–water partition coefficient (Wildman–Crippen LogP) is 0.724. The first-order valence-corrected chi connectivity index (χ1v) is 11.8. The minimum absolute atomic E-state index is 0.0757. The summed E-state index contributed by atoms with van der Waals surface area (Å²) >= 11 is 0. The number of benzene rings is 1. The fraction of sp³-hybridized carbons (Fsp3) is 0.667. The van der Waals surface area contributed by atoms with E-state index in [2.05, 4.69) is 12.2 Å². The quantitative estimate of drug-likeness (QED) is 0.729. The topological polar surface area (TPSA) is 70.9 Å². The van der Waals surface area contributed by atoms with E-state index in [-0.39, 0.29) is 11.9 Å². The van der Waals surface area contributed by atoms with Gasteiger partial charge in [-0.15, -0.1) is 0 Å². The van der Waals surface area contributed by atoms with Crippen LogP contribution in [0.3, 0.4) is 0 Å². The van der Waals surface area contributed by atoms with E-state index in [1.807, 2.05) is 33.8 Å². The van der Waals surface area contributed by atoms with Crippen molar-refractivity contribution in [1.29, 1.82) is 0 Å². The molecule has 0 unspecified atom stereocenters. The maximum atomic E-state index is 13.3. The summed E-state index contributed by atoms with van der Waals surface area (Å²) in [5, 5.41) is 3.09. The van der Waals surface area contributed by atoms with Gasteiger partial charge in [0.2, 0.25) is 10.0 Å². The van der Waals surface area contributed by atoms with Crippen LogP contribution >= 0.6 is 0 Å². The Kier molecular flexibility index (Phi) is 6.17. The molecule has 6 nitrogen and oxygen atoms in total. The van der Waals surface area contributed by atoms with Crippen LogP contribution in [0.15, 0.2) is 11.0 Å². The van der Waals surface area contributed by atoms with Gasteiger partial charge in [-0.3, -0.25) is 4.79 Å². The van der Waals surface area contributed by atoms with Gasteiger partial charge in [0.25, 0.3) is 5.91 Å². The van der Waals surface area contributed by atoms with E-state index in [9.17, 15) is 13.2 Å². The maximum absolute atomic E-state index is 13.3. The zero-order chi connectivity index (χ0) is 20.6. The summed E-state index contributed by atoms with van der Waals surface area (Å²) in [5.74, 6) is 0.719. The Labute approximate surface area is 169 Å². The monoisotopic (exact) mass is 408 g/mol. The van der Waals surface area contributed by atoms with Crippen LogP contribution in [-0.2, 0) is 14.8 Å². The Morgan fingerprint density at radius 3 is 2.18 bits per heavy atom. The summed E-state index contributed by atoms with van der Waals surface area (Å²) in [7, 11) is -3.52. The average molecular weight is 409 g/mol. The van der Waals surface area contributed by atoms with Gasteiger partial charge in [0, 0.05) is 6.04 Å². The smallest absolute Gasteiger partial charge is 0.275 e. The third-order valence-electron chi connectivity index (χ3n) is 6.45. The SMILES string of the molecule is Cc1cc(C)c(C)c(S(=O)(=O)N2CC[NH+](CC(=O)N[C@H](C)C3CC3)CC2)c1C. The van der Waals surface area contributed by atoms with Crippen molar-refractivity contribution in [2.45, 2.75) is 58.4 Å². The van der Waals surface area contributed by atoms with Gasteiger partial charge in [0.15, 0.2) is 6.54 Å². The van der Waals surface area contributed by atoms with Crippen LogP contribution in [0.2, 0.25) is 0 Å². The minimum atomic E-state index is -3.52. The Balaban J connectivity index is 1.63. The summed E-state index contributed by atoms with van der Waals surface area (Å²) in [6.07, 6.45) is 2.42. The van der Waals surface area contributed by atoms with Gasteiger partial charge in [-0.1, -0.05) is 6.07 Å². The lowest BCUT2D eigenvalue weighted by molar-refractivity contribution is -0.895. The van der Waals surface area contributed by atoms with Gasteiger partial charge in [0.1, 0.15) is 0 Å². The third-order valence-corrected chi connectivity index (χ3v) is 8.63. The molecule has 0 radical (unpaired) electrons. The van der Waals surface area contributed by atoms with Gasteiger partial charge in [-0.2, -0.15) is 4.31 Å². The van der Waals surface area contributed by atoms with Crippen LogP contribution in [-0.4, -0.2) is 57.4 Å². The van der Waals surface area contributed by atoms with Crippen molar-refractivity contribution in [2.75, 3.05) is 32.7 Å². The normalized spacial score (nSPS) is 20.2. The molecule has 1 aliphatic heterocycles. The van der Waals surface area contributed by atoms with Crippen molar-refractivity contribution in [2.24, 2.45) is 5.92 Å². The standard InChI is InChI=1S/C21H33N3O3S/c1-14-12-15(2)17(4)21(16(14)3)28(26,27)24-10-8-23(9-11-24)13-20(25)22-18(5)19-6-7-19/h12,18-19H,6-11,13H2,1-5H3,(H,22,25)/p+1/t18-/m1/s1. The molecule has 156 valence electrons. The highest BCUT2D eigenvalue weighted by Gasteiger charge is 2.34. The fourth-order valence-electron chi connectivity index (χ4n) is 4.16. The number of hydrogen-bond acceptors (Lipinski definition) is 3. The van der Waals surface area contributed by atoms with Gasteiger partial charge in [-0.25, -0.2) is 8.42 Å². The molecule has 1 saturated carbocycles. The number of nitrogens with zero attached hydrogens (tertiary/aromatic N) is 1. The molecule has 28 heavy (non-hydrogen) atoms. The zero-order valence-corrected chi connectivity index (χ0v) is 18.6. The van der Waals surface area contributed by atoms with Crippen LogP contribution in [0.4, 0.5) is 0 Å². The molecule has 0 bridgehead atoms. The molecule has 1 amide bonds. The number of quaternary nitrogens is 1. The lowest BCUT2D eigenvalue weighted by Crippen LogP contribution is -3.15. The highest BCUT2D eigenvalue weighted by Crippen LogP contribution is 2.32. The zero-order valence-electron chi connectivity index (χ0n) is 17.8. The van der Waals surface area contributed by atoms with Crippen LogP contribution < -0.4 is 10.2 Å². The molecule has 1 saturated heterocycles. The first kappa shape index (κ1) is 21.3. The van der Waals surface area contributed by atoms with Crippen LogP contribution in [0.1, 0.15) is 42.0 Å². The van der Waals surface area contributed by atoms with Crippen molar-refractivity contribution >= 4 is 15.9 Å². The molecule has 2 N–H and O–H groups in total. The molecular formula is C21H34N3O3S+. The van der Waals surface area contributed by atoms with E-state index >= 15 is 0 Å². The Morgan fingerprint density at radius 1 is 1.14 bits per heavy atom. The molecule has 1 heterocycles. The van der Waals surface area contributed by atoms with E-state index in [4.69, 9.17) is 0 Å². The number of aryl methyl sites for hydroxylation is 2. The highest BCUT2D eigenvalue weighted by atomic mass is 32.2. The van der Waals surface area contributed by atoms with Crippen molar-refractivity contribution in [1.82, 2.24) is 9.62 Å². The summed E-state index contributed by atoms with van der Waals surface area (Å²) in [5.41, 5.74) is 3.69. The number of piperazine rings is 1. The van der Waals surface area contributed by atoms with Crippen LogP contribution in [0.5, 0.6) is 0 Å². The number of carbonyl (C=O) groups is 1. The molecule has 3 rings (SSSR count). The number of rotatable bonds is 6. The number of amides is 1. The van der Waals surface area contributed by atoms with Crippen molar-refractivity contribution in [3.63, 3.8) is 0 Å². The second kappa shape index (κ2) is 8.13. The summed E-state index contributed by atoms with van der Waals surface area (Å²) in [6, 6.07) is 2.30. The largest absolute Gasteiger partial charge is 0.348 e. The highest BCUT2D eigenvalue weighted by molar-refractivity contribution is 7.89. The number of hydrogen-bond donors (Lipinski definition) is 2. The first-order chi connectivity index (χ1) is 13.1. The number of sulfonamides is 1. The predicted molar refractivity (Wildman–Crippen MR) is 110 cm³/mol. The fourth-order valence-corrected chi connectivity index (χ4v) is 6.18. The van der Waals surface area contributed by atoms with E-state index in [0.717, 1.165) is 27.2 Å². The molecule has 0 spiro atoms. The molecule has 1 aromatic carbocycles. The lowest BCUT2D eigenvalue weighted by atomic mass is 10.0. The van der Waals surface area contributed by atoms with Crippen molar-refractivity contribution < 1.29 is 18.1 Å². The van der Waals surface area contributed by atoms with Crippen LogP contribution in [0.25, 0.3) is 0 Å². The first-order valence-electron chi connectivity index (χ1n) is 10.3. The second-order valence-corrected chi connectivity index (χ2v) is 10.5. The van der Waals surface area contributed by atoms with E-state index in [0.29, 0.717) is 43.5 Å². The summed E-state index contributed by atoms with van der Waals surface area (Å²) in [6.45, 7) is 12.4. The molecule has 1 aromatic rings. The molecule has 2 aliphatic rings.